The summed E-state index contributed by atoms with van der Waals surface area (Å²) in [6, 6.07) is 3.99. The van der Waals surface area contributed by atoms with E-state index >= 15 is 0 Å². The maximum absolute atomic E-state index is 8.78. The van der Waals surface area contributed by atoms with Crippen molar-refractivity contribution in [3.63, 3.8) is 0 Å². The minimum absolute atomic E-state index is 0.0546. The van der Waals surface area contributed by atoms with E-state index in [2.05, 4.69) is 13.8 Å². The zero-order valence-electron chi connectivity index (χ0n) is 8.22. The van der Waals surface area contributed by atoms with E-state index in [1.54, 1.807) is 0 Å². The average Bonchev–Trinajstić information content (AvgIpc) is 2.09. The molecule has 2 nitrogen and oxygen atoms in total. The van der Waals surface area contributed by atoms with Crippen molar-refractivity contribution >= 4 is 0 Å². The van der Waals surface area contributed by atoms with Gasteiger partial charge in [-0.25, -0.2) is 0 Å². The molecule has 1 rings (SSSR count). The second-order valence-corrected chi connectivity index (χ2v) is 4.17. The summed E-state index contributed by atoms with van der Waals surface area (Å²) in [4.78, 5) is 0. The Balaban J connectivity index is 3.09. The van der Waals surface area contributed by atoms with Crippen molar-refractivity contribution in [3.05, 3.63) is 11.1 Å². The quantitative estimate of drug-likeness (QED) is 0.530. The molecule has 0 N–H and O–H groups in total. The van der Waals surface area contributed by atoms with Gasteiger partial charge in [0.15, 0.2) is 0 Å². The molecule has 2 heteroatoms. The molecule has 0 spiro atoms. The Morgan fingerprint density at radius 1 is 1.23 bits per heavy atom. The zero-order chi connectivity index (χ0) is 9.90. The first-order chi connectivity index (χ1) is 6.11. The molecule has 0 unspecified atom stereocenters. The summed E-state index contributed by atoms with van der Waals surface area (Å²) in [6.07, 6.45) is 4.34. The molecule has 68 valence electrons. The summed E-state index contributed by atoms with van der Waals surface area (Å²) < 4.78 is 0. The van der Waals surface area contributed by atoms with Crippen LogP contribution in [0.25, 0.3) is 0 Å². The Hall–Kier alpha value is -1.28. The minimum atomic E-state index is 0.0546. The standard InChI is InChI=1S/C11H14N2/c1-11(2)6-4-3-5-10(11)9(7-12)8-13/h3-6H2,1-2H3. The van der Waals surface area contributed by atoms with E-state index in [0.717, 1.165) is 24.8 Å². The van der Waals surface area contributed by atoms with E-state index in [4.69, 9.17) is 10.5 Å². The van der Waals surface area contributed by atoms with E-state index in [1.807, 2.05) is 12.1 Å². The molecule has 0 aliphatic heterocycles. The Bertz CT molecular complexity index is 294. The van der Waals surface area contributed by atoms with Crippen LogP contribution in [-0.2, 0) is 0 Å². The summed E-state index contributed by atoms with van der Waals surface area (Å²) >= 11 is 0. The highest BCUT2D eigenvalue weighted by Crippen LogP contribution is 2.41. The van der Waals surface area contributed by atoms with Gasteiger partial charge in [0.25, 0.3) is 0 Å². The lowest BCUT2D eigenvalue weighted by molar-refractivity contribution is 0.335. The number of hydrogen-bond donors (Lipinski definition) is 0. The van der Waals surface area contributed by atoms with Crippen LogP contribution in [0.2, 0.25) is 0 Å². The SMILES string of the molecule is CC1(C)CCCCC1=C(C#N)C#N. The van der Waals surface area contributed by atoms with Crippen LogP contribution < -0.4 is 0 Å². The largest absolute Gasteiger partial charge is 0.192 e. The molecule has 1 saturated carbocycles. The van der Waals surface area contributed by atoms with Crippen molar-refractivity contribution in [2.45, 2.75) is 39.5 Å². The number of nitriles is 2. The first-order valence-electron chi connectivity index (χ1n) is 4.65. The summed E-state index contributed by atoms with van der Waals surface area (Å²) in [6.45, 7) is 4.24. The highest BCUT2D eigenvalue weighted by atomic mass is 14.4. The maximum Gasteiger partial charge on any atom is 0.129 e. The van der Waals surface area contributed by atoms with E-state index in [-0.39, 0.29) is 5.41 Å². The molecule has 0 amide bonds. The Kier molecular flexibility index (Phi) is 2.73. The predicted molar refractivity (Wildman–Crippen MR) is 50.5 cm³/mol. The van der Waals surface area contributed by atoms with Gasteiger partial charge >= 0.3 is 0 Å². The molecule has 0 radical (unpaired) electrons. The number of hydrogen-bond acceptors (Lipinski definition) is 2. The highest BCUT2D eigenvalue weighted by molar-refractivity contribution is 5.42. The normalized spacial score (nSPS) is 20.2. The third kappa shape index (κ3) is 1.90. The van der Waals surface area contributed by atoms with Crippen LogP contribution >= 0.6 is 0 Å². The Labute approximate surface area is 79.5 Å². The lowest BCUT2D eigenvalue weighted by atomic mass is 9.71. The van der Waals surface area contributed by atoms with Crippen molar-refractivity contribution in [1.29, 1.82) is 10.5 Å². The van der Waals surface area contributed by atoms with Crippen LogP contribution in [0.15, 0.2) is 11.1 Å². The van der Waals surface area contributed by atoms with E-state index in [1.165, 1.54) is 6.42 Å². The van der Waals surface area contributed by atoms with E-state index < -0.39 is 0 Å². The van der Waals surface area contributed by atoms with Gasteiger partial charge in [0.1, 0.15) is 17.7 Å². The fraction of sp³-hybridized carbons (Fsp3) is 0.636. The third-order valence-electron chi connectivity index (χ3n) is 2.82. The topological polar surface area (TPSA) is 47.6 Å². The third-order valence-corrected chi connectivity index (χ3v) is 2.82. The Morgan fingerprint density at radius 3 is 2.31 bits per heavy atom. The molecule has 13 heavy (non-hydrogen) atoms. The molecule has 0 aromatic carbocycles. The first kappa shape index (κ1) is 9.81. The fourth-order valence-electron chi connectivity index (χ4n) is 1.98. The van der Waals surface area contributed by atoms with Crippen molar-refractivity contribution in [2.24, 2.45) is 5.41 Å². The average molecular weight is 174 g/mol. The van der Waals surface area contributed by atoms with Crippen molar-refractivity contribution in [3.8, 4) is 12.1 Å². The van der Waals surface area contributed by atoms with Gasteiger partial charge in [0.2, 0.25) is 0 Å². The van der Waals surface area contributed by atoms with E-state index in [9.17, 15) is 0 Å². The molecule has 0 aromatic heterocycles. The monoisotopic (exact) mass is 174 g/mol. The van der Waals surface area contributed by atoms with Gasteiger partial charge in [-0.05, 0) is 30.3 Å². The van der Waals surface area contributed by atoms with Gasteiger partial charge in [-0.1, -0.05) is 20.3 Å². The van der Waals surface area contributed by atoms with Crippen molar-refractivity contribution < 1.29 is 0 Å². The molecular weight excluding hydrogens is 160 g/mol. The molecule has 0 heterocycles. The maximum atomic E-state index is 8.78. The second-order valence-electron chi connectivity index (χ2n) is 4.17. The van der Waals surface area contributed by atoms with Crippen LogP contribution in [0.1, 0.15) is 39.5 Å². The summed E-state index contributed by atoms with van der Waals surface area (Å²) in [7, 11) is 0. The molecule has 0 aromatic rings. The molecule has 1 fully saturated rings. The van der Waals surface area contributed by atoms with Gasteiger partial charge in [-0.2, -0.15) is 10.5 Å². The summed E-state index contributed by atoms with van der Waals surface area (Å²) in [5.74, 6) is 0. The van der Waals surface area contributed by atoms with Crippen molar-refractivity contribution in [1.82, 2.24) is 0 Å². The fourth-order valence-corrected chi connectivity index (χ4v) is 1.98. The Morgan fingerprint density at radius 2 is 1.85 bits per heavy atom. The van der Waals surface area contributed by atoms with E-state index in [0.29, 0.717) is 5.57 Å². The molecule has 0 atom stereocenters. The van der Waals surface area contributed by atoms with Gasteiger partial charge in [-0.3, -0.25) is 0 Å². The number of nitrogens with zero attached hydrogens (tertiary/aromatic N) is 2. The van der Waals surface area contributed by atoms with Crippen LogP contribution in [-0.4, -0.2) is 0 Å². The van der Waals surface area contributed by atoms with Gasteiger partial charge in [-0.15, -0.1) is 0 Å². The van der Waals surface area contributed by atoms with Gasteiger partial charge in [0.05, 0.1) is 0 Å². The molecule has 1 aliphatic carbocycles. The van der Waals surface area contributed by atoms with Crippen LogP contribution in [0.5, 0.6) is 0 Å². The predicted octanol–water partition coefficient (Wildman–Crippen LogP) is 2.93. The lowest BCUT2D eigenvalue weighted by Crippen LogP contribution is -2.20. The van der Waals surface area contributed by atoms with Crippen LogP contribution in [0.3, 0.4) is 0 Å². The smallest absolute Gasteiger partial charge is 0.129 e. The highest BCUT2D eigenvalue weighted by Gasteiger charge is 2.29. The first-order valence-corrected chi connectivity index (χ1v) is 4.65. The van der Waals surface area contributed by atoms with Gasteiger partial charge in [0, 0.05) is 0 Å². The number of allylic oxidation sites excluding steroid dienone is 2. The summed E-state index contributed by atoms with van der Waals surface area (Å²) in [5.41, 5.74) is 1.45. The van der Waals surface area contributed by atoms with Gasteiger partial charge < -0.3 is 0 Å². The minimum Gasteiger partial charge on any atom is -0.192 e. The van der Waals surface area contributed by atoms with Crippen molar-refractivity contribution in [2.75, 3.05) is 0 Å². The van der Waals surface area contributed by atoms with Crippen LogP contribution in [0, 0.1) is 28.1 Å². The molecular formula is C11H14N2. The van der Waals surface area contributed by atoms with Crippen LogP contribution in [0.4, 0.5) is 0 Å². The molecule has 0 bridgehead atoms. The number of rotatable bonds is 0. The second kappa shape index (κ2) is 3.62. The zero-order valence-corrected chi connectivity index (χ0v) is 8.22. The molecule has 0 saturated heterocycles. The lowest BCUT2D eigenvalue weighted by Gasteiger charge is -2.32. The summed E-state index contributed by atoms with van der Waals surface area (Å²) in [5, 5.41) is 17.6. The molecule has 1 aliphatic rings.